The van der Waals surface area contributed by atoms with E-state index in [4.69, 9.17) is 4.74 Å². The van der Waals surface area contributed by atoms with Crippen LogP contribution in [0.15, 0.2) is 12.2 Å². The Hall–Kier alpha value is -1.36. The van der Waals surface area contributed by atoms with Gasteiger partial charge in [-0.05, 0) is 84.8 Å². The number of rotatable bonds is 30. The normalized spacial score (nSPS) is 12.3. The number of allylic oxidation sites excluding steroid dienone is 2. The Balaban J connectivity index is 3.85. The maximum absolute atomic E-state index is 12.4. The largest absolute Gasteiger partial charge is 0.469 e. The summed E-state index contributed by atoms with van der Waals surface area (Å²) in [7, 11) is 5.56. The van der Waals surface area contributed by atoms with Gasteiger partial charge in [0.05, 0.1) is 7.11 Å². The van der Waals surface area contributed by atoms with Crippen LogP contribution < -0.4 is 0 Å². The van der Waals surface area contributed by atoms with Crippen molar-refractivity contribution in [3.63, 3.8) is 0 Å². The van der Waals surface area contributed by atoms with Gasteiger partial charge in [-0.1, -0.05) is 103 Å². The molecule has 236 valence electrons. The van der Waals surface area contributed by atoms with E-state index in [0.29, 0.717) is 12.8 Å². The average Bonchev–Trinajstić information content (AvgIpc) is 2.93. The van der Waals surface area contributed by atoms with Crippen LogP contribution in [0.5, 0.6) is 0 Å². The van der Waals surface area contributed by atoms with E-state index in [0.717, 1.165) is 38.6 Å². The van der Waals surface area contributed by atoms with Crippen LogP contribution in [0, 0.1) is 0 Å². The molecule has 0 spiro atoms. The SMILES string of the molecule is CCCCCCCCCC(CCCCCC/C=C\CCCCCCCCCC(=O)OC)OC(=O)CCCN(C)C. The summed E-state index contributed by atoms with van der Waals surface area (Å²) in [5, 5.41) is 0. The number of methoxy groups -OCH3 is 1. The lowest BCUT2D eigenvalue weighted by Crippen LogP contribution is -2.20. The zero-order chi connectivity index (χ0) is 29.5. The first kappa shape index (κ1) is 38.6. The van der Waals surface area contributed by atoms with Crippen LogP contribution in [0.3, 0.4) is 0 Å². The molecule has 0 aromatic carbocycles. The minimum Gasteiger partial charge on any atom is -0.469 e. The molecule has 1 atom stereocenters. The third-order valence-electron chi connectivity index (χ3n) is 7.71. The van der Waals surface area contributed by atoms with Crippen molar-refractivity contribution in [3.05, 3.63) is 12.2 Å². The molecule has 40 heavy (non-hydrogen) atoms. The first-order valence-electron chi connectivity index (χ1n) is 17.1. The van der Waals surface area contributed by atoms with E-state index in [-0.39, 0.29) is 18.0 Å². The summed E-state index contributed by atoms with van der Waals surface area (Å²) in [4.78, 5) is 25.6. The smallest absolute Gasteiger partial charge is 0.306 e. The van der Waals surface area contributed by atoms with Crippen LogP contribution in [0.4, 0.5) is 0 Å². The summed E-state index contributed by atoms with van der Waals surface area (Å²) in [5.74, 6) is -0.0885. The third kappa shape index (κ3) is 29.6. The Morgan fingerprint density at radius 3 is 1.55 bits per heavy atom. The quantitative estimate of drug-likeness (QED) is 0.0493. The van der Waals surface area contributed by atoms with Gasteiger partial charge in [-0.25, -0.2) is 0 Å². The minimum atomic E-state index is -0.0843. The van der Waals surface area contributed by atoms with E-state index in [1.807, 2.05) is 14.1 Å². The van der Waals surface area contributed by atoms with E-state index in [2.05, 4.69) is 28.7 Å². The molecular formula is C35H67NO4. The van der Waals surface area contributed by atoms with Gasteiger partial charge in [0.25, 0.3) is 0 Å². The van der Waals surface area contributed by atoms with E-state index >= 15 is 0 Å². The van der Waals surface area contributed by atoms with Crippen LogP contribution in [-0.2, 0) is 19.1 Å². The molecule has 0 saturated carbocycles. The molecule has 0 aliphatic carbocycles. The molecule has 0 aromatic rings. The Morgan fingerprint density at radius 1 is 0.600 bits per heavy atom. The van der Waals surface area contributed by atoms with E-state index < -0.39 is 0 Å². The monoisotopic (exact) mass is 566 g/mol. The van der Waals surface area contributed by atoms with Gasteiger partial charge in [-0.2, -0.15) is 0 Å². The van der Waals surface area contributed by atoms with Gasteiger partial charge in [0.1, 0.15) is 6.10 Å². The number of unbranched alkanes of at least 4 members (excludes halogenated alkanes) is 17. The Kier molecular flexibility index (Phi) is 29.6. The molecular weight excluding hydrogens is 498 g/mol. The van der Waals surface area contributed by atoms with E-state index in [1.165, 1.54) is 123 Å². The fourth-order valence-corrected chi connectivity index (χ4v) is 5.12. The summed E-state index contributed by atoms with van der Waals surface area (Å²) in [5.41, 5.74) is 0. The molecule has 0 N–H and O–H groups in total. The first-order chi connectivity index (χ1) is 19.5. The van der Waals surface area contributed by atoms with Gasteiger partial charge >= 0.3 is 11.9 Å². The van der Waals surface area contributed by atoms with Gasteiger partial charge in [0.2, 0.25) is 0 Å². The molecule has 1 unspecified atom stereocenters. The molecule has 0 saturated heterocycles. The molecule has 0 bridgehead atoms. The highest BCUT2D eigenvalue weighted by molar-refractivity contribution is 5.69. The van der Waals surface area contributed by atoms with Crippen molar-refractivity contribution in [2.24, 2.45) is 0 Å². The fourth-order valence-electron chi connectivity index (χ4n) is 5.12. The van der Waals surface area contributed by atoms with Crippen molar-refractivity contribution < 1.29 is 19.1 Å². The first-order valence-corrected chi connectivity index (χ1v) is 17.1. The standard InChI is InChI=1S/C35H67NO4/c1-5-6-7-8-18-21-24-28-33(40-35(38)31-27-32-36(2)3)29-25-22-19-16-14-12-10-9-11-13-15-17-20-23-26-30-34(37)39-4/h10,12,33H,5-9,11,13-32H2,1-4H3/b12-10-. The highest BCUT2D eigenvalue weighted by atomic mass is 16.5. The Morgan fingerprint density at radius 2 is 1.05 bits per heavy atom. The predicted molar refractivity (Wildman–Crippen MR) is 171 cm³/mol. The molecule has 0 amide bonds. The van der Waals surface area contributed by atoms with E-state index in [9.17, 15) is 9.59 Å². The number of carbonyl (C=O) groups is 2. The number of hydrogen-bond donors (Lipinski definition) is 0. The Labute approximate surface area is 249 Å². The zero-order valence-corrected chi connectivity index (χ0v) is 27.2. The molecule has 0 aromatic heterocycles. The van der Waals surface area contributed by atoms with Crippen molar-refractivity contribution in [1.82, 2.24) is 4.90 Å². The lowest BCUT2D eigenvalue weighted by molar-refractivity contribution is -0.150. The number of ether oxygens (including phenoxy) is 2. The highest BCUT2D eigenvalue weighted by Gasteiger charge is 2.14. The summed E-state index contributed by atoms with van der Waals surface area (Å²) in [6.07, 6.45) is 33.8. The van der Waals surface area contributed by atoms with E-state index in [1.54, 1.807) is 0 Å². The van der Waals surface area contributed by atoms with Gasteiger partial charge in [-0.3, -0.25) is 9.59 Å². The second-order valence-corrected chi connectivity index (χ2v) is 12.0. The van der Waals surface area contributed by atoms with Crippen LogP contribution in [-0.4, -0.2) is 50.7 Å². The number of nitrogens with zero attached hydrogens (tertiary/aromatic N) is 1. The lowest BCUT2D eigenvalue weighted by atomic mass is 10.0. The summed E-state index contributed by atoms with van der Waals surface area (Å²) >= 11 is 0. The average molecular weight is 566 g/mol. The topological polar surface area (TPSA) is 55.8 Å². The van der Waals surface area contributed by atoms with Crippen LogP contribution in [0.2, 0.25) is 0 Å². The van der Waals surface area contributed by atoms with Crippen molar-refractivity contribution in [2.75, 3.05) is 27.7 Å². The van der Waals surface area contributed by atoms with Crippen molar-refractivity contribution >= 4 is 11.9 Å². The van der Waals surface area contributed by atoms with Crippen molar-refractivity contribution in [3.8, 4) is 0 Å². The van der Waals surface area contributed by atoms with Gasteiger partial charge < -0.3 is 14.4 Å². The maximum atomic E-state index is 12.4. The van der Waals surface area contributed by atoms with Crippen LogP contribution >= 0.6 is 0 Å². The fraction of sp³-hybridized carbons (Fsp3) is 0.886. The molecule has 0 fully saturated rings. The third-order valence-corrected chi connectivity index (χ3v) is 7.71. The highest BCUT2D eigenvalue weighted by Crippen LogP contribution is 2.18. The molecule has 0 rings (SSSR count). The van der Waals surface area contributed by atoms with Gasteiger partial charge in [0, 0.05) is 12.8 Å². The second kappa shape index (κ2) is 30.6. The minimum absolute atomic E-state index is 0.00410. The molecule has 0 heterocycles. The predicted octanol–water partition coefficient (Wildman–Crippen LogP) is 9.96. The lowest BCUT2D eigenvalue weighted by Gasteiger charge is -2.18. The maximum Gasteiger partial charge on any atom is 0.306 e. The number of carbonyl (C=O) groups excluding carboxylic acids is 2. The number of esters is 2. The van der Waals surface area contributed by atoms with Gasteiger partial charge in [0.15, 0.2) is 0 Å². The van der Waals surface area contributed by atoms with Crippen LogP contribution in [0.1, 0.15) is 167 Å². The Bertz CT molecular complexity index is 590. The molecule has 5 nitrogen and oxygen atoms in total. The molecule has 0 aliphatic heterocycles. The van der Waals surface area contributed by atoms with Gasteiger partial charge in [-0.15, -0.1) is 0 Å². The molecule has 0 aliphatic rings. The number of hydrogen-bond acceptors (Lipinski definition) is 5. The second-order valence-electron chi connectivity index (χ2n) is 12.0. The van der Waals surface area contributed by atoms with Crippen molar-refractivity contribution in [2.45, 2.75) is 174 Å². The summed E-state index contributed by atoms with van der Waals surface area (Å²) in [6.45, 7) is 3.20. The van der Waals surface area contributed by atoms with Crippen molar-refractivity contribution in [1.29, 1.82) is 0 Å². The van der Waals surface area contributed by atoms with Crippen LogP contribution in [0.25, 0.3) is 0 Å². The zero-order valence-electron chi connectivity index (χ0n) is 27.2. The molecule has 0 radical (unpaired) electrons. The summed E-state index contributed by atoms with van der Waals surface area (Å²) in [6, 6.07) is 0. The summed E-state index contributed by atoms with van der Waals surface area (Å²) < 4.78 is 10.6. The molecule has 5 heteroatoms.